The van der Waals surface area contributed by atoms with Crippen LogP contribution >= 0.6 is 11.3 Å². The number of carbonyl (C=O) groups excluding carboxylic acids is 2. The summed E-state index contributed by atoms with van der Waals surface area (Å²) in [6.45, 7) is 7.02. The van der Waals surface area contributed by atoms with Gasteiger partial charge < -0.3 is 14.5 Å². The number of hydrogen-bond donors (Lipinski definition) is 0. The molecular weight excluding hydrogens is 509 g/mol. The number of carbonyl (C=O) groups is 2. The van der Waals surface area contributed by atoms with Crippen molar-refractivity contribution in [1.29, 1.82) is 0 Å². The molecule has 0 unspecified atom stereocenters. The Labute approximate surface area is 225 Å². The maximum absolute atomic E-state index is 13.6. The van der Waals surface area contributed by atoms with Gasteiger partial charge in [0.05, 0.1) is 11.5 Å². The number of nitro benzene ring substituents is 1. The van der Waals surface area contributed by atoms with Crippen LogP contribution in [0.3, 0.4) is 0 Å². The maximum atomic E-state index is 13.6. The zero-order chi connectivity index (χ0) is 27.7. The average molecular weight is 542 g/mol. The molecule has 2 amide bonds. The van der Waals surface area contributed by atoms with Gasteiger partial charge in [0.2, 0.25) is 5.91 Å². The molecule has 0 aliphatic heterocycles. The van der Waals surface area contributed by atoms with E-state index >= 15 is 0 Å². The SMILES string of the molecule is CCOCCCN(CC(=O)N(Cc1ccc(F)cc1)Cc1sccc1C)C(=O)c1ccc(C)c([N+](=O)[O-])c1. The van der Waals surface area contributed by atoms with Crippen molar-refractivity contribution in [3.63, 3.8) is 0 Å². The number of halogens is 1. The van der Waals surface area contributed by atoms with E-state index in [2.05, 4.69) is 0 Å². The lowest BCUT2D eigenvalue weighted by Gasteiger charge is -2.28. The van der Waals surface area contributed by atoms with E-state index in [0.29, 0.717) is 31.7 Å². The first-order chi connectivity index (χ1) is 18.2. The van der Waals surface area contributed by atoms with Crippen LogP contribution in [0, 0.1) is 29.8 Å². The molecule has 0 bridgehead atoms. The van der Waals surface area contributed by atoms with Crippen LogP contribution in [-0.4, -0.2) is 52.8 Å². The zero-order valence-electron chi connectivity index (χ0n) is 21.8. The summed E-state index contributed by atoms with van der Waals surface area (Å²) in [4.78, 5) is 42.1. The van der Waals surface area contributed by atoms with Crippen molar-refractivity contribution in [2.75, 3.05) is 26.3 Å². The first-order valence-electron chi connectivity index (χ1n) is 12.4. The molecule has 10 heteroatoms. The van der Waals surface area contributed by atoms with Crippen LogP contribution in [0.4, 0.5) is 10.1 Å². The molecule has 0 fully saturated rings. The van der Waals surface area contributed by atoms with Gasteiger partial charge in [-0.3, -0.25) is 19.7 Å². The van der Waals surface area contributed by atoms with Gasteiger partial charge in [0.25, 0.3) is 11.6 Å². The molecule has 0 aliphatic rings. The van der Waals surface area contributed by atoms with E-state index in [4.69, 9.17) is 4.74 Å². The molecular formula is C28H32FN3O5S. The number of nitro groups is 1. The fraction of sp³-hybridized carbons (Fsp3) is 0.357. The van der Waals surface area contributed by atoms with Crippen molar-refractivity contribution in [3.05, 3.63) is 97.0 Å². The van der Waals surface area contributed by atoms with Gasteiger partial charge in [-0.15, -0.1) is 11.3 Å². The third kappa shape index (κ3) is 7.93. The van der Waals surface area contributed by atoms with Gasteiger partial charge in [-0.1, -0.05) is 18.2 Å². The largest absolute Gasteiger partial charge is 0.382 e. The van der Waals surface area contributed by atoms with Crippen molar-refractivity contribution >= 4 is 28.8 Å². The molecule has 2 aromatic carbocycles. The van der Waals surface area contributed by atoms with Crippen LogP contribution < -0.4 is 0 Å². The van der Waals surface area contributed by atoms with Gasteiger partial charge in [0.1, 0.15) is 12.4 Å². The Morgan fingerprint density at radius 3 is 2.39 bits per heavy atom. The van der Waals surface area contributed by atoms with Crippen molar-refractivity contribution in [1.82, 2.24) is 9.80 Å². The number of rotatable bonds is 13. The molecule has 0 radical (unpaired) electrons. The van der Waals surface area contributed by atoms with E-state index in [1.165, 1.54) is 35.2 Å². The molecule has 0 spiro atoms. The van der Waals surface area contributed by atoms with Crippen molar-refractivity contribution in [3.8, 4) is 0 Å². The van der Waals surface area contributed by atoms with Gasteiger partial charge in [-0.2, -0.15) is 0 Å². The normalized spacial score (nSPS) is 10.8. The van der Waals surface area contributed by atoms with Gasteiger partial charge in [-0.25, -0.2) is 4.39 Å². The van der Waals surface area contributed by atoms with Crippen LogP contribution in [0.15, 0.2) is 53.9 Å². The van der Waals surface area contributed by atoms with Crippen LogP contribution in [0.5, 0.6) is 0 Å². The summed E-state index contributed by atoms with van der Waals surface area (Å²) in [5.74, 6) is -1.11. The van der Waals surface area contributed by atoms with Gasteiger partial charge in [-0.05, 0) is 68.0 Å². The minimum Gasteiger partial charge on any atom is -0.382 e. The second-order valence-corrected chi connectivity index (χ2v) is 9.94. The number of ether oxygens (including phenoxy) is 1. The molecule has 3 aromatic rings. The molecule has 202 valence electrons. The first kappa shape index (κ1) is 28.9. The topological polar surface area (TPSA) is 93.0 Å². The number of aryl methyl sites for hydroxylation is 2. The van der Waals surface area contributed by atoms with Gasteiger partial charge >= 0.3 is 0 Å². The highest BCUT2D eigenvalue weighted by Gasteiger charge is 2.25. The third-order valence-electron chi connectivity index (χ3n) is 6.13. The zero-order valence-corrected chi connectivity index (χ0v) is 22.6. The fourth-order valence-corrected chi connectivity index (χ4v) is 4.84. The summed E-state index contributed by atoms with van der Waals surface area (Å²) in [7, 11) is 0. The number of hydrogen-bond acceptors (Lipinski definition) is 6. The molecule has 0 aliphatic carbocycles. The second kappa shape index (κ2) is 13.8. The standard InChI is InChI=1S/C28H32FN3O5S/c1-4-37-14-5-13-30(28(34)23-9-6-20(2)25(16-23)32(35)36)19-27(33)31(18-26-21(3)12-15-38-26)17-22-7-10-24(29)11-8-22/h6-12,15-16H,4-5,13-14,17-19H2,1-3H3. The lowest BCUT2D eigenvalue weighted by atomic mass is 10.1. The highest BCUT2D eigenvalue weighted by atomic mass is 32.1. The van der Waals surface area contributed by atoms with E-state index in [-0.39, 0.29) is 42.6 Å². The van der Waals surface area contributed by atoms with Crippen LogP contribution in [0.25, 0.3) is 0 Å². The number of benzene rings is 2. The average Bonchev–Trinajstić information content (AvgIpc) is 3.30. The van der Waals surface area contributed by atoms with Crippen molar-refractivity contribution in [2.45, 2.75) is 40.3 Å². The van der Waals surface area contributed by atoms with Crippen LogP contribution in [-0.2, 0) is 22.6 Å². The highest BCUT2D eigenvalue weighted by Crippen LogP contribution is 2.22. The summed E-state index contributed by atoms with van der Waals surface area (Å²) in [5, 5.41) is 13.4. The number of thiophene rings is 1. The molecule has 1 heterocycles. The van der Waals surface area contributed by atoms with Gasteiger partial charge in [0.15, 0.2) is 0 Å². The number of nitrogens with zero attached hydrogens (tertiary/aromatic N) is 3. The van der Waals surface area contributed by atoms with E-state index in [1.54, 1.807) is 35.3 Å². The Hall–Kier alpha value is -3.63. The van der Waals surface area contributed by atoms with Crippen LogP contribution in [0.1, 0.15) is 45.3 Å². The predicted octanol–water partition coefficient (Wildman–Crippen LogP) is 5.51. The molecule has 3 rings (SSSR count). The van der Waals surface area contributed by atoms with E-state index < -0.39 is 10.8 Å². The minimum atomic E-state index is -0.523. The minimum absolute atomic E-state index is 0.144. The summed E-state index contributed by atoms with van der Waals surface area (Å²) in [6.07, 6.45) is 0.503. The second-order valence-electron chi connectivity index (χ2n) is 8.94. The molecule has 8 nitrogen and oxygen atoms in total. The summed E-state index contributed by atoms with van der Waals surface area (Å²) < 4.78 is 18.9. The Morgan fingerprint density at radius 1 is 1.03 bits per heavy atom. The fourth-order valence-electron chi connectivity index (χ4n) is 3.92. The first-order valence-corrected chi connectivity index (χ1v) is 13.2. The predicted molar refractivity (Wildman–Crippen MR) is 145 cm³/mol. The maximum Gasteiger partial charge on any atom is 0.273 e. The van der Waals surface area contributed by atoms with Gasteiger partial charge in [0, 0.05) is 48.4 Å². The highest BCUT2D eigenvalue weighted by molar-refractivity contribution is 7.10. The quantitative estimate of drug-likeness (QED) is 0.162. The molecule has 38 heavy (non-hydrogen) atoms. The lowest BCUT2D eigenvalue weighted by Crippen LogP contribution is -2.43. The number of amides is 2. The Kier molecular flexibility index (Phi) is 10.5. The Balaban J connectivity index is 1.86. The van der Waals surface area contributed by atoms with Crippen molar-refractivity contribution < 1.29 is 23.6 Å². The summed E-state index contributed by atoms with van der Waals surface area (Å²) in [6, 6.07) is 12.3. The van der Waals surface area contributed by atoms with Crippen LogP contribution in [0.2, 0.25) is 0 Å². The summed E-state index contributed by atoms with van der Waals surface area (Å²) >= 11 is 1.54. The Morgan fingerprint density at radius 2 is 1.76 bits per heavy atom. The third-order valence-corrected chi connectivity index (χ3v) is 7.14. The summed E-state index contributed by atoms with van der Waals surface area (Å²) in [5.41, 5.74) is 2.26. The van der Waals surface area contributed by atoms with E-state index in [9.17, 15) is 24.1 Å². The molecule has 0 atom stereocenters. The molecule has 1 aromatic heterocycles. The van der Waals surface area contributed by atoms with E-state index in [1.807, 2.05) is 25.3 Å². The molecule has 0 saturated carbocycles. The smallest absolute Gasteiger partial charge is 0.273 e. The van der Waals surface area contributed by atoms with E-state index in [0.717, 1.165) is 16.0 Å². The van der Waals surface area contributed by atoms with Crippen molar-refractivity contribution in [2.24, 2.45) is 0 Å². The Bertz CT molecular complexity index is 1260. The molecule has 0 saturated heterocycles. The lowest BCUT2D eigenvalue weighted by molar-refractivity contribution is -0.385. The molecule has 0 N–H and O–H groups in total. The monoisotopic (exact) mass is 541 g/mol.